The second-order valence-corrected chi connectivity index (χ2v) is 4.37. The fourth-order valence-electron chi connectivity index (χ4n) is 2.31. The molecule has 0 aromatic heterocycles. The molecule has 2 nitrogen and oxygen atoms in total. The summed E-state index contributed by atoms with van der Waals surface area (Å²) in [6, 6.07) is 10.4. The first kappa shape index (κ1) is 9.69. The zero-order chi connectivity index (χ0) is 10.0. The Hall–Kier alpha value is -0.860. The van der Waals surface area contributed by atoms with Crippen LogP contribution in [0.5, 0.6) is 0 Å². The molecule has 0 amide bonds. The minimum Gasteiger partial charge on any atom is -0.394 e. The first-order chi connectivity index (χ1) is 6.73. The van der Waals surface area contributed by atoms with Crippen molar-refractivity contribution in [2.24, 2.45) is 5.73 Å². The summed E-state index contributed by atoms with van der Waals surface area (Å²) >= 11 is 0. The van der Waals surface area contributed by atoms with Gasteiger partial charge in [0.15, 0.2) is 0 Å². The molecule has 1 aromatic rings. The molecule has 1 aliphatic carbocycles. The van der Waals surface area contributed by atoms with Crippen LogP contribution in [-0.2, 0) is 0 Å². The van der Waals surface area contributed by atoms with Gasteiger partial charge in [-0.05, 0) is 30.7 Å². The lowest BCUT2D eigenvalue weighted by molar-refractivity contribution is 0.198. The van der Waals surface area contributed by atoms with Crippen LogP contribution in [0.3, 0.4) is 0 Å². The topological polar surface area (TPSA) is 46.2 Å². The van der Waals surface area contributed by atoms with Crippen molar-refractivity contribution in [2.75, 3.05) is 6.61 Å². The summed E-state index contributed by atoms with van der Waals surface area (Å²) in [5.74, 6) is 0.536. The van der Waals surface area contributed by atoms with Crippen LogP contribution in [0.25, 0.3) is 0 Å². The molecule has 2 rings (SSSR count). The Bertz CT molecular complexity index is 298. The average Bonchev–Trinajstić information content (AvgIpc) is 2.63. The molecule has 1 aromatic carbocycles. The van der Waals surface area contributed by atoms with Crippen LogP contribution in [0.1, 0.15) is 30.7 Å². The lowest BCUT2D eigenvalue weighted by Crippen LogP contribution is -2.40. The first-order valence-electron chi connectivity index (χ1n) is 5.18. The van der Waals surface area contributed by atoms with Gasteiger partial charge in [-0.2, -0.15) is 0 Å². The van der Waals surface area contributed by atoms with Crippen molar-refractivity contribution >= 4 is 0 Å². The highest BCUT2D eigenvalue weighted by Crippen LogP contribution is 2.39. The van der Waals surface area contributed by atoms with E-state index in [0.717, 1.165) is 19.3 Å². The van der Waals surface area contributed by atoms with Crippen molar-refractivity contribution in [2.45, 2.75) is 30.7 Å². The lowest BCUT2D eigenvalue weighted by Gasteiger charge is -2.20. The van der Waals surface area contributed by atoms with Crippen LogP contribution in [0, 0.1) is 0 Å². The number of benzene rings is 1. The zero-order valence-electron chi connectivity index (χ0n) is 8.32. The van der Waals surface area contributed by atoms with Gasteiger partial charge in [0.2, 0.25) is 0 Å². The average molecular weight is 191 g/mol. The van der Waals surface area contributed by atoms with Crippen LogP contribution in [0.2, 0.25) is 0 Å². The predicted molar refractivity (Wildman–Crippen MR) is 57.0 cm³/mol. The minimum atomic E-state index is -0.333. The molecule has 0 saturated heterocycles. The molecule has 0 spiro atoms. The van der Waals surface area contributed by atoms with Crippen molar-refractivity contribution in [3.63, 3.8) is 0 Å². The van der Waals surface area contributed by atoms with Gasteiger partial charge < -0.3 is 10.8 Å². The maximum Gasteiger partial charge on any atom is 0.0611 e. The van der Waals surface area contributed by atoms with Crippen LogP contribution in [0.4, 0.5) is 0 Å². The van der Waals surface area contributed by atoms with Crippen molar-refractivity contribution in [3.8, 4) is 0 Å². The number of nitrogens with two attached hydrogens (primary N) is 1. The largest absolute Gasteiger partial charge is 0.394 e. The fourth-order valence-corrected chi connectivity index (χ4v) is 2.31. The Morgan fingerprint density at radius 2 is 2.07 bits per heavy atom. The van der Waals surface area contributed by atoms with Gasteiger partial charge in [0.05, 0.1) is 6.61 Å². The molecule has 1 saturated carbocycles. The highest BCUT2D eigenvalue weighted by molar-refractivity contribution is 5.22. The van der Waals surface area contributed by atoms with Crippen LogP contribution < -0.4 is 5.73 Å². The van der Waals surface area contributed by atoms with E-state index in [2.05, 4.69) is 24.3 Å². The summed E-state index contributed by atoms with van der Waals surface area (Å²) in [6.45, 7) is 0.107. The van der Waals surface area contributed by atoms with E-state index in [0.29, 0.717) is 5.92 Å². The molecule has 0 aliphatic heterocycles. The highest BCUT2D eigenvalue weighted by Gasteiger charge is 2.35. The van der Waals surface area contributed by atoms with E-state index in [1.165, 1.54) is 5.56 Å². The number of hydrogen-bond donors (Lipinski definition) is 2. The molecule has 0 bridgehead atoms. The summed E-state index contributed by atoms with van der Waals surface area (Å²) in [5, 5.41) is 9.16. The summed E-state index contributed by atoms with van der Waals surface area (Å²) in [7, 11) is 0. The van der Waals surface area contributed by atoms with E-state index < -0.39 is 0 Å². The van der Waals surface area contributed by atoms with Crippen LogP contribution in [0.15, 0.2) is 30.3 Å². The number of aliphatic hydroxyl groups excluding tert-OH is 1. The smallest absolute Gasteiger partial charge is 0.0611 e. The maximum atomic E-state index is 9.16. The number of rotatable bonds is 2. The standard InChI is InChI=1S/C12H17NO/c13-12(9-14)7-6-11(8-12)10-4-2-1-3-5-10/h1-5,11,14H,6-9,13H2/t11-,12+/m0/s1. The van der Waals surface area contributed by atoms with E-state index >= 15 is 0 Å². The molecule has 0 radical (unpaired) electrons. The molecule has 2 atom stereocenters. The molecule has 14 heavy (non-hydrogen) atoms. The third-order valence-corrected chi connectivity index (χ3v) is 3.23. The summed E-state index contributed by atoms with van der Waals surface area (Å²) in [6.07, 6.45) is 2.94. The molecule has 3 N–H and O–H groups in total. The Morgan fingerprint density at radius 3 is 2.64 bits per heavy atom. The third-order valence-electron chi connectivity index (χ3n) is 3.23. The minimum absolute atomic E-state index is 0.107. The fraction of sp³-hybridized carbons (Fsp3) is 0.500. The van der Waals surface area contributed by atoms with E-state index in [1.807, 2.05) is 6.07 Å². The SMILES string of the molecule is N[C@]1(CO)CC[C@H](c2ccccc2)C1. The lowest BCUT2D eigenvalue weighted by atomic mass is 9.94. The summed E-state index contributed by atoms with van der Waals surface area (Å²) in [5.41, 5.74) is 7.06. The molecule has 0 unspecified atom stereocenters. The van der Waals surface area contributed by atoms with Crippen molar-refractivity contribution in [1.82, 2.24) is 0 Å². The Balaban J connectivity index is 2.10. The summed E-state index contributed by atoms with van der Waals surface area (Å²) in [4.78, 5) is 0. The van der Waals surface area contributed by atoms with Crippen molar-refractivity contribution in [3.05, 3.63) is 35.9 Å². The maximum absolute atomic E-state index is 9.16. The normalized spacial score (nSPS) is 32.0. The van der Waals surface area contributed by atoms with Gasteiger partial charge in [-0.25, -0.2) is 0 Å². The summed E-state index contributed by atoms with van der Waals surface area (Å²) < 4.78 is 0. The quantitative estimate of drug-likeness (QED) is 0.746. The van der Waals surface area contributed by atoms with Gasteiger partial charge in [0.1, 0.15) is 0 Å². The van der Waals surface area contributed by atoms with Crippen molar-refractivity contribution < 1.29 is 5.11 Å². The molecular formula is C12H17NO. The Kier molecular flexibility index (Phi) is 2.57. The van der Waals surface area contributed by atoms with Gasteiger partial charge in [0.25, 0.3) is 0 Å². The second kappa shape index (κ2) is 3.71. The van der Waals surface area contributed by atoms with Gasteiger partial charge in [-0.15, -0.1) is 0 Å². The van der Waals surface area contributed by atoms with E-state index in [4.69, 9.17) is 10.8 Å². The molecule has 0 heterocycles. The Labute approximate surface area is 84.7 Å². The van der Waals surface area contributed by atoms with Gasteiger partial charge in [-0.3, -0.25) is 0 Å². The monoisotopic (exact) mass is 191 g/mol. The Morgan fingerprint density at radius 1 is 1.36 bits per heavy atom. The molecular weight excluding hydrogens is 174 g/mol. The predicted octanol–water partition coefficient (Wildman–Crippen LogP) is 1.64. The van der Waals surface area contributed by atoms with Gasteiger partial charge >= 0.3 is 0 Å². The van der Waals surface area contributed by atoms with Crippen LogP contribution >= 0.6 is 0 Å². The zero-order valence-corrected chi connectivity index (χ0v) is 8.32. The van der Waals surface area contributed by atoms with Gasteiger partial charge in [-0.1, -0.05) is 30.3 Å². The second-order valence-electron chi connectivity index (χ2n) is 4.37. The first-order valence-corrected chi connectivity index (χ1v) is 5.18. The highest BCUT2D eigenvalue weighted by atomic mass is 16.3. The third kappa shape index (κ3) is 1.81. The van der Waals surface area contributed by atoms with Gasteiger partial charge in [0, 0.05) is 5.54 Å². The van der Waals surface area contributed by atoms with Crippen LogP contribution in [-0.4, -0.2) is 17.3 Å². The molecule has 1 fully saturated rings. The van der Waals surface area contributed by atoms with E-state index in [9.17, 15) is 0 Å². The molecule has 2 heteroatoms. The van der Waals surface area contributed by atoms with E-state index in [-0.39, 0.29) is 12.1 Å². The molecule has 76 valence electrons. The number of hydrogen-bond acceptors (Lipinski definition) is 2. The number of aliphatic hydroxyl groups is 1. The van der Waals surface area contributed by atoms with Crippen molar-refractivity contribution in [1.29, 1.82) is 0 Å². The molecule has 1 aliphatic rings. The van der Waals surface area contributed by atoms with E-state index in [1.54, 1.807) is 0 Å².